The van der Waals surface area contributed by atoms with Crippen LogP contribution >= 0.6 is 0 Å². The van der Waals surface area contributed by atoms with Gasteiger partial charge in [0.25, 0.3) is 0 Å². The summed E-state index contributed by atoms with van der Waals surface area (Å²) in [5.41, 5.74) is 0. The fourth-order valence-electron chi connectivity index (χ4n) is 2.99. The van der Waals surface area contributed by atoms with Crippen molar-refractivity contribution in [2.24, 2.45) is 0 Å². The summed E-state index contributed by atoms with van der Waals surface area (Å²) < 4.78 is 0. The monoisotopic (exact) mass is 238 g/mol. The molecule has 100 valence electrons. The summed E-state index contributed by atoms with van der Waals surface area (Å²) >= 11 is 0. The summed E-state index contributed by atoms with van der Waals surface area (Å²) in [7, 11) is 0. The number of rotatable bonds is 8. The molecule has 2 nitrogen and oxygen atoms in total. The number of hydrogen-bond donors (Lipinski definition) is 1. The molecule has 1 N–H and O–H groups in total. The van der Waals surface area contributed by atoms with Gasteiger partial charge < -0.3 is 10.2 Å². The highest BCUT2D eigenvalue weighted by molar-refractivity contribution is 4.84. The zero-order chi connectivity index (χ0) is 11.9. The van der Waals surface area contributed by atoms with E-state index in [4.69, 9.17) is 0 Å². The van der Waals surface area contributed by atoms with Gasteiger partial charge >= 0.3 is 0 Å². The summed E-state index contributed by atoms with van der Waals surface area (Å²) in [6, 6.07) is 1.79. The van der Waals surface area contributed by atoms with Crippen LogP contribution < -0.4 is 5.32 Å². The number of unbranched alkanes of at least 4 members (excludes halogenated alkanes) is 1. The molecule has 1 aliphatic heterocycles. The standard InChI is InChI=1S/C15H30N2/c1-2-3-12-17(15-9-10-15)13-6-8-14-7-4-5-11-16-14/h14-16H,2-13H2,1H3. The van der Waals surface area contributed by atoms with E-state index in [1.54, 1.807) is 0 Å². The molecule has 0 aromatic rings. The van der Waals surface area contributed by atoms with E-state index >= 15 is 0 Å². The first-order valence-electron chi connectivity index (χ1n) is 7.87. The maximum atomic E-state index is 3.66. The third-order valence-electron chi connectivity index (χ3n) is 4.27. The Bertz CT molecular complexity index is 195. The van der Waals surface area contributed by atoms with Gasteiger partial charge in [0, 0.05) is 12.1 Å². The van der Waals surface area contributed by atoms with Crippen molar-refractivity contribution in [1.29, 1.82) is 0 Å². The Morgan fingerprint density at radius 1 is 1.06 bits per heavy atom. The van der Waals surface area contributed by atoms with Gasteiger partial charge in [-0.3, -0.25) is 0 Å². The third kappa shape index (κ3) is 4.97. The number of nitrogens with one attached hydrogen (secondary N) is 1. The molecule has 0 spiro atoms. The first-order chi connectivity index (χ1) is 8.40. The van der Waals surface area contributed by atoms with E-state index in [-0.39, 0.29) is 0 Å². The van der Waals surface area contributed by atoms with E-state index in [0.717, 1.165) is 12.1 Å². The predicted octanol–water partition coefficient (Wildman–Crippen LogP) is 3.17. The van der Waals surface area contributed by atoms with Crippen LogP contribution in [0, 0.1) is 0 Å². The van der Waals surface area contributed by atoms with Crippen LogP contribution in [0.4, 0.5) is 0 Å². The largest absolute Gasteiger partial charge is 0.314 e. The van der Waals surface area contributed by atoms with Gasteiger partial charge in [0.2, 0.25) is 0 Å². The van der Waals surface area contributed by atoms with Crippen molar-refractivity contribution in [3.63, 3.8) is 0 Å². The van der Waals surface area contributed by atoms with Crippen molar-refractivity contribution < 1.29 is 0 Å². The van der Waals surface area contributed by atoms with Gasteiger partial charge in [-0.05, 0) is 64.6 Å². The van der Waals surface area contributed by atoms with Crippen LogP contribution in [0.2, 0.25) is 0 Å². The molecule has 0 bridgehead atoms. The fourth-order valence-corrected chi connectivity index (χ4v) is 2.99. The van der Waals surface area contributed by atoms with Crippen molar-refractivity contribution in [2.45, 2.75) is 76.8 Å². The van der Waals surface area contributed by atoms with Crippen LogP contribution in [0.15, 0.2) is 0 Å². The minimum absolute atomic E-state index is 0.830. The van der Waals surface area contributed by atoms with E-state index in [0.29, 0.717) is 0 Å². The van der Waals surface area contributed by atoms with Crippen molar-refractivity contribution in [3.8, 4) is 0 Å². The Balaban J connectivity index is 1.57. The average Bonchev–Trinajstić information content (AvgIpc) is 3.19. The van der Waals surface area contributed by atoms with Gasteiger partial charge in [-0.2, -0.15) is 0 Å². The van der Waals surface area contributed by atoms with Crippen LogP contribution in [0.5, 0.6) is 0 Å². The highest BCUT2D eigenvalue weighted by Gasteiger charge is 2.28. The molecule has 2 fully saturated rings. The first-order valence-corrected chi connectivity index (χ1v) is 7.87. The summed E-state index contributed by atoms with van der Waals surface area (Å²) in [6.07, 6.45) is 12.7. The Hall–Kier alpha value is -0.0800. The van der Waals surface area contributed by atoms with E-state index in [9.17, 15) is 0 Å². The second kappa shape index (κ2) is 7.38. The number of piperidine rings is 1. The molecule has 2 rings (SSSR count). The highest BCUT2D eigenvalue weighted by atomic mass is 15.2. The summed E-state index contributed by atoms with van der Waals surface area (Å²) in [5.74, 6) is 0. The molecule has 2 aliphatic rings. The van der Waals surface area contributed by atoms with Crippen LogP contribution in [0.25, 0.3) is 0 Å². The molecule has 0 aromatic heterocycles. The van der Waals surface area contributed by atoms with Gasteiger partial charge in [0.1, 0.15) is 0 Å². The van der Waals surface area contributed by atoms with E-state index in [1.165, 1.54) is 77.4 Å². The molecule has 1 saturated heterocycles. The van der Waals surface area contributed by atoms with Gasteiger partial charge in [-0.25, -0.2) is 0 Å². The smallest absolute Gasteiger partial charge is 0.00964 e. The van der Waals surface area contributed by atoms with Crippen LogP contribution in [-0.4, -0.2) is 36.6 Å². The molecule has 2 heteroatoms. The molecule has 0 radical (unpaired) electrons. The lowest BCUT2D eigenvalue weighted by Crippen LogP contribution is -2.35. The fraction of sp³-hybridized carbons (Fsp3) is 1.00. The Kier molecular flexibility index (Phi) is 5.79. The van der Waals surface area contributed by atoms with Crippen molar-refractivity contribution >= 4 is 0 Å². The average molecular weight is 238 g/mol. The van der Waals surface area contributed by atoms with Gasteiger partial charge in [0.05, 0.1) is 0 Å². The number of nitrogens with zero attached hydrogens (tertiary/aromatic N) is 1. The molecular weight excluding hydrogens is 208 g/mol. The zero-order valence-corrected chi connectivity index (χ0v) is 11.6. The quantitative estimate of drug-likeness (QED) is 0.699. The van der Waals surface area contributed by atoms with Crippen LogP contribution in [0.3, 0.4) is 0 Å². The minimum Gasteiger partial charge on any atom is -0.314 e. The molecule has 1 aliphatic carbocycles. The van der Waals surface area contributed by atoms with Crippen molar-refractivity contribution in [2.75, 3.05) is 19.6 Å². The van der Waals surface area contributed by atoms with Crippen molar-refractivity contribution in [3.05, 3.63) is 0 Å². The Morgan fingerprint density at radius 3 is 2.53 bits per heavy atom. The molecule has 17 heavy (non-hydrogen) atoms. The Labute approximate surface area is 107 Å². The molecule has 1 saturated carbocycles. The lowest BCUT2D eigenvalue weighted by molar-refractivity contribution is 0.245. The van der Waals surface area contributed by atoms with Gasteiger partial charge in [-0.1, -0.05) is 19.8 Å². The van der Waals surface area contributed by atoms with E-state index in [2.05, 4.69) is 17.1 Å². The summed E-state index contributed by atoms with van der Waals surface area (Å²) in [4.78, 5) is 2.76. The second-order valence-corrected chi connectivity index (χ2v) is 5.91. The SMILES string of the molecule is CCCCN(CCCC1CCCCN1)C1CC1. The summed E-state index contributed by atoms with van der Waals surface area (Å²) in [6.45, 7) is 6.26. The molecule has 0 amide bonds. The molecule has 0 aromatic carbocycles. The lowest BCUT2D eigenvalue weighted by Gasteiger charge is -2.26. The normalized spacial score (nSPS) is 25.4. The molecule has 1 unspecified atom stereocenters. The van der Waals surface area contributed by atoms with Crippen LogP contribution in [-0.2, 0) is 0 Å². The van der Waals surface area contributed by atoms with E-state index < -0.39 is 0 Å². The second-order valence-electron chi connectivity index (χ2n) is 5.91. The maximum Gasteiger partial charge on any atom is 0.00964 e. The Morgan fingerprint density at radius 2 is 1.88 bits per heavy atom. The third-order valence-corrected chi connectivity index (χ3v) is 4.27. The highest BCUT2D eigenvalue weighted by Crippen LogP contribution is 2.27. The first kappa shape index (κ1) is 13.4. The predicted molar refractivity (Wildman–Crippen MR) is 74.4 cm³/mol. The van der Waals surface area contributed by atoms with Gasteiger partial charge in [0.15, 0.2) is 0 Å². The molecule has 1 heterocycles. The lowest BCUT2D eigenvalue weighted by atomic mass is 10.0. The van der Waals surface area contributed by atoms with Crippen molar-refractivity contribution in [1.82, 2.24) is 10.2 Å². The van der Waals surface area contributed by atoms with Gasteiger partial charge in [-0.15, -0.1) is 0 Å². The number of hydrogen-bond acceptors (Lipinski definition) is 2. The molecular formula is C15H30N2. The van der Waals surface area contributed by atoms with Crippen LogP contribution in [0.1, 0.15) is 64.7 Å². The minimum atomic E-state index is 0.830. The maximum absolute atomic E-state index is 3.66. The topological polar surface area (TPSA) is 15.3 Å². The molecule has 1 atom stereocenters. The zero-order valence-electron chi connectivity index (χ0n) is 11.6. The summed E-state index contributed by atoms with van der Waals surface area (Å²) in [5, 5.41) is 3.66. The van der Waals surface area contributed by atoms with E-state index in [1.807, 2.05) is 0 Å².